The van der Waals surface area contributed by atoms with E-state index in [1.807, 2.05) is 0 Å². The molecule has 0 aromatic carbocycles. The second kappa shape index (κ2) is 7.92. The van der Waals surface area contributed by atoms with Gasteiger partial charge in [0, 0.05) is 19.7 Å². The highest BCUT2D eigenvalue weighted by Gasteiger charge is 2.21. The van der Waals surface area contributed by atoms with Gasteiger partial charge in [0.05, 0.1) is 6.61 Å². The minimum atomic E-state index is -1.01. The average molecular weight is 258 g/mol. The van der Waals surface area contributed by atoms with Gasteiger partial charge in [-0.05, 0) is 12.8 Å². The third-order valence-electron chi connectivity index (χ3n) is 3.11. The van der Waals surface area contributed by atoms with Crippen molar-refractivity contribution in [3.63, 3.8) is 0 Å². The molecule has 6 heteroatoms. The third-order valence-corrected chi connectivity index (χ3v) is 3.11. The van der Waals surface area contributed by atoms with Gasteiger partial charge in [0.25, 0.3) is 0 Å². The van der Waals surface area contributed by atoms with Gasteiger partial charge in [-0.1, -0.05) is 19.3 Å². The van der Waals surface area contributed by atoms with E-state index in [2.05, 4.69) is 5.32 Å². The van der Waals surface area contributed by atoms with Crippen molar-refractivity contribution in [3.8, 4) is 0 Å². The van der Waals surface area contributed by atoms with Gasteiger partial charge in [0.2, 0.25) is 0 Å². The molecule has 0 aromatic rings. The summed E-state index contributed by atoms with van der Waals surface area (Å²) in [6, 6.07) is -0.119. The topological polar surface area (TPSA) is 78.9 Å². The number of carbonyl (C=O) groups is 2. The molecule has 0 aromatic heterocycles. The molecule has 1 saturated carbocycles. The Kier molecular flexibility index (Phi) is 6.49. The molecule has 2 N–H and O–H groups in total. The maximum absolute atomic E-state index is 11.9. The van der Waals surface area contributed by atoms with Gasteiger partial charge in [-0.15, -0.1) is 0 Å². The second-order valence-electron chi connectivity index (χ2n) is 4.59. The summed E-state index contributed by atoms with van der Waals surface area (Å²) >= 11 is 0. The molecule has 0 saturated heterocycles. The Labute approximate surface area is 107 Å². The molecule has 0 spiro atoms. The van der Waals surface area contributed by atoms with Gasteiger partial charge in [-0.2, -0.15) is 0 Å². The Bertz CT molecular complexity index is 277. The van der Waals surface area contributed by atoms with E-state index in [1.54, 1.807) is 0 Å². The van der Waals surface area contributed by atoms with Crippen LogP contribution >= 0.6 is 0 Å². The first kappa shape index (κ1) is 14.8. The molecule has 0 radical (unpaired) electrons. The number of carboxylic acids is 1. The number of rotatable bonds is 6. The number of nitrogens with zero attached hydrogens (tertiary/aromatic N) is 1. The molecular formula is C12H22N2O4. The molecule has 0 bridgehead atoms. The van der Waals surface area contributed by atoms with Crippen LogP contribution in [0, 0.1) is 0 Å². The van der Waals surface area contributed by atoms with Crippen LogP contribution in [0.15, 0.2) is 0 Å². The number of hydrogen-bond donors (Lipinski definition) is 2. The molecule has 1 aliphatic carbocycles. The number of urea groups is 1. The van der Waals surface area contributed by atoms with Crippen LogP contribution in [0.25, 0.3) is 0 Å². The number of aliphatic carboxylic acids is 1. The summed E-state index contributed by atoms with van der Waals surface area (Å²) < 4.78 is 4.88. The Morgan fingerprint density at radius 2 is 2.00 bits per heavy atom. The first-order valence-corrected chi connectivity index (χ1v) is 6.39. The van der Waals surface area contributed by atoms with Crippen LogP contribution in [0.3, 0.4) is 0 Å². The van der Waals surface area contributed by atoms with Gasteiger partial charge in [0.15, 0.2) is 0 Å². The Morgan fingerprint density at radius 1 is 1.33 bits per heavy atom. The number of nitrogens with one attached hydrogen (secondary N) is 1. The van der Waals surface area contributed by atoms with Crippen molar-refractivity contribution in [3.05, 3.63) is 0 Å². The fraction of sp³-hybridized carbons (Fsp3) is 0.833. The maximum atomic E-state index is 11.9. The van der Waals surface area contributed by atoms with Crippen molar-refractivity contribution >= 4 is 12.0 Å². The Balaban J connectivity index is 2.43. The van der Waals surface area contributed by atoms with Crippen molar-refractivity contribution in [1.29, 1.82) is 0 Å². The summed E-state index contributed by atoms with van der Waals surface area (Å²) in [5.41, 5.74) is 0. The van der Waals surface area contributed by atoms with E-state index in [9.17, 15) is 9.59 Å². The number of carbonyl (C=O) groups excluding carboxylic acids is 1. The predicted molar refractivity (Wildman–Crippen MR) is 66.5 cm³/mol. The fourth-order valence-electron chi connectivity index (χ4n) is 2.13. The lowest BCUT2D eigenvalue weighted by Gasteiger charge is -2.27. The Morgan fingerprint density at radius 3 is 2.56 bits per heavy atom. The third kappa shape index (κ3) is 5.35. The molecule has 1 aliphatic rings. The lowest BCUT2D eigenvalue weighted by Crippen LogP contribution is -2.48. The molecule has 1 rings (SSSR count). The van der Waals surface area contributed by atoms with Crippen molar-refractivity contribution in [2.24, 2.45) is 0 Å². The largest absolute Gasteiger partial charge is 0.480 e. The first-order chi connectivity index (χ1) is 8.63. The predicted octanol–water partition coefficient (Wildman–Crippen LogP) is 1.06. The minimum Gasteiger partial charge on any atom is -0.480 e. The van der Waals surface area contributed by atoms with Crippen molar-refractivity contribution in [2.75, 3.05) is 26.8 Å². The van der Waals surface area contributed by atoms with E-state index in [1.165, 1.54) is 18.4 Å². The number of carboxylic acid groups (broad SMARTS) is 1. The molecule has 1 fully saturated rings. The zero-order chi connectivity index (χ0) is 13.4. The van der Waals surface area contributed by atoms with Crippen LogP contribution in [0.4, 0.5) is 4.79 Å². The van der Waals surface area contributed by atoms with Crippen molar-refractivity contribution < 1.29 is 19.4 Å². The molecule has 2 amide bonds. The molecule has 0 unspecified atom stereocenters. The quantitative estimate of drug-likeness (QED) is 0.746. The van der Waals surface area contributed by atoms with E-state index in [4.69, 9.17) is 9.84 Å². The van der Waals surface area contributed by atoms with Crippen LogP contribution in [-0.2, 0) is 9.53 Å². The van der Waals surface area contributed by atoms with Crippen LogP contribution < -0.4 is 5.32 Å². The number of amides is 2. The highest BCUT2D eigenvalue weighted by molar-refractivity contribution is 5.80. The summed E-state index contributed by atoms with van der Waals surface area (Å²) in [4.78, 5) is 23.9. The highest BCUT2D eigenvalue weighted by atomic mass is 16.5. The van der Waals surface area contributed by atoms with Crippen LogP contribution in [0.1, 0.15) is 32.1 Å². The summed E-state index contributed by atoms with van der Waals surface area (Å²) in [5, 5.41) is 11.7. The van der Waals surface area contributed by atoms with Crippen LogP contribution in [0.2, 0.25) is 0 Å². The zero-order valence-electron chi connectivity index (χ0n) is 10.9. The Hall–Kier alpha value is -1.30. The average Bonchev–Trinajstić information content (AvgIpc) is 2.35. The van der Waals surface area contributed by atoms with Crippen LogP contribution in [-0.4, -0.2) is 54.9 Å². The number of methoxy groups -OCH3 is 1. The molecular weight excluding hydrogens is 236 g/mol. The highest BCUT2D eigenvalue weighted by Crippen LogP contribution is 2.17. The van der Waals surface area contributed by atoms with Gasteiger partial charge >= 0.3 is 12.0 Å². The summed E-state index contributed by atoms with van der Waals surface area (Å²) in [5.74, 6) is -1.01. The minimum absolute atomic E-state index is 0.185. The summed E-state index contributed by atoms with van der Waals surface area (Å²) in [6.45, 7) is 0.342. The van der Waals surface area contributed by atoms with Crippen molar-refractivity contribution in [1.82, 2.24) is 10.2 Å². The lowest BCUT2D eigenvalue weighted by atomic mass is 9.96. The molecule has 6 nitrogen and oxygen atoms in total. The van der Waals surface area contributed by atoms with Crippen LogP contribution in [0.5, 0.6) is 0 Å². The molecule has 18 heavy (non-hydrogen) atoms. The van der Waals surface area contributed by atoms with E-state index in [0.717, 1.165) is 25.7 Å². The van der Waals surface area contributed by atoms with Gasteiger partial charge in [-0.25, -0.2) is 4.79 Å². The van der Waals surface area contributed by atoms with Crippen molar-refractivity contribution in [2.45, 2.75) is 38.1 Å². The molecule has 0 atom stereocenters. The SMILES string of the molecule is COCCN(CC(=O)O)C(=O)NC1CCCCC1. The summed E-state index contributed by atoms with van der Waals surface area (Å²) in [7, 11) is 1.53. The monoisotopic (exact) mass is 258 g/mol. The normalized spacial score (nSPS) is 16.3. The smallest absolute Gasteiger partial charge is 0.323 e. The zero-order valence-corrected chi connectivity index (χ0v) is 10.9. The molecule has 0 aliphatic heterocycles. The lowest BCUT2D eigenvalue weighted by molar-refractivity contribution is -0.137. The maximum Gasteiger partial charge on any atom is 0.323 e. The van der Waals surface area contributed by atoms with E-state index < -0.39 is 5.97 Å². The van der Waals surface area contributed by atoms with Gasteiger partial charge in [0.1, 0.15) is 6.54 Å². The molecule has 104 valence electrons. The van der Waals surface area contributed by atoms with E-state index in [-0.39, 0.29) is 18.6 Å². The van der Waals surface area contributed by atoms with Gasteiger partial charge < -0.3 is 20.1 Å². The standard InChI is InChI=1S/C12H22N2O4/c1-18-8-7-14(9-11(15)16)12(17)13-10-5-3-2-4-6-10/h10H,2-9H2,1H3,(H,13,17)(H,15,16). The molecule has 0 heterocycles. The summed E-state index contributed by atoms with van der Waals surface area (Å²) in [6.07, 6.45) is 5.44. The number of hydrogen-bond acceptors (Lipinski definition) is 3. The fourth-order valence-corrected chi connectivity index (χ4v) is 2.13. The van der Waals surface area contributed by atoms with Gasteiger partial charge in [-0.3, -0.25) is 4.79 Å². The van der Waals surface area contributed by atoms with E-state index >= 15 is 0 Å². The van der Waals surface area contributed by atoms with E-state index in [0.29, 0.717) is 13.2 Å². The second-order valence-corrected chi connectivity index (χ2v) is 4.59. The first-order valence-electron chi connectivity index (χ1n) is 6.39. The number of ether oxygens (including phenoxy) is 1.